The summed E-state index contributed by atoms with van der Waals surface area (Å²) >= 11 is 0. The van der Waals surface area contributed by atoms with Crippen molar-refractivity contribution in [2.24, 2.45) is 11.0 Å². The molecule has 1 aliphatic heterocycles. The van der Waals surface area contributed by atoms with Gasteiger partial charge < -0.3 is 28.8 Å². The summed E-state index contributed by atoms with van der Waals surface area (Å²) in [5.41, 5.74) is 4.74. The van der Waals surface area contributed by atoms with Gasteiger partial charge in [-0.15, -0.1) is 0 Å². The van der Waals surface area contributed by atoms with Crippen molar-refractivity contribution in [3.8, 4) is 0 Å². The molecule has 0 aromatic carbocycles. The summed E-state index contributed by atoms with van der Waals surface area (Å²) in [5, 5.41) is 13.2. The Kier molecular flexibility index (Phi) is 7.81. The third-order valence-corrected chi connectivity index (χ3v) is 4.18. The lowest BCUT2D eigenvalue weighted by molar-refractivity contribution is -0.156. The molecule has 1 aliphatic rings. The fourth-order valence-corrected chi connectivity index (χ4v) is 2.97. The highest BCUT2D eigenvalue weighted by Gasteiger charge is 2.62. The van der Waals surface area contributed by atoms with E-state index in [-0.39, 0.29) is 13.2 Å². The minimum atomic E-state index is -2.47. The second-order valence-corrected chi connectivity index (χ2v) is 6.11. The fraction of sp³-hybridized carbons (Fsp3) is 0.562. The maximum atomic E-state index is 12.3. The van der Waals surface area contributed by atoms with Gasteiger partial charge in [-0.2, -0.15) is 0 Å². The number of carboxylic acids is 1. The molecule has 32 heavy (non-hydrogen) atoms. The third-order valence-electron chi connectivity index (χ3n) is 4.18. The molecule has 174 valence electrons. The molecule has 0 unspecified atom stereocenters. The van der Waals surface area contributed by atoms with Gasteiger partial charge in [0.25, 0.3) is 5.56 Å². The van der Waals surface area contributed by atoms with Gasteiger partial charge in [-0.1, -0.05) is 5.11 Å². The molecule has 1 saturated heterocycles. The molecular weight excluding hydrogens is 438 g/mol. The van der Waals surface area contributed by atoms with Crippen LogP contribution < -0.4 is 11.2 Å². The number of carbonyl (C=O) groups excluding carboxylic acids is 2. The second-order valence-electron chi connectivity index (χ2n) is 6.11. The van der Waals surface area contributed by atoms with Gasteiger partial charge in [0.15, 0.2) is 12.3 Å². The van der Waals surface area contributed by atoms with Crippen LogP contribution in [0.15, 0.2) is 27.0 Å². The first-order valence-corrected chi connectivity index (χ1v) is 9.10. The Labute approximate surface area is 178 Å². The van der Waals surface area contributed by atoms with Crippen LogP contribution in [0, 0.1) is 5.92 Å². The number of nitrogens with zero attached hydrogens (tertiary/aromatic N) is 4. The van der Waals surface area contributed by atoms with Crippen LogP contribution in [0.5, 0.6) is 0 Å². The van der Waals surface area contributed by atoms with Crippen molar-refractivity contribution in [3.05, 3.63) is 43.5 Å². The minimum absolute atomic E-state index is 0.0689. The molecule has 16 heteroatoms. The smallest absolute Gasteiger partial charge is 0.481 e. The lowest BCUT2D eigenvalue weighted by Crippen LogP contribution is -2.46. The van der Waals surface area contributed by atoms with Gasteiger partial charge in [0, 0.05) is 17.2 Å². The van der Waals surface area contributed by atoms with Crippen LogP contribution in [0.4, 0.5) is 9.59 Å². The van der Waals surface area contributed by atoms with Crippen molar-refractivity contribution >= 4 is 18.3 Å². The number of nitrogens with one attached hydrogen (secondary N) is 1. The molecule has 0 aliphatic carbocycles. The van der Waals surface area contributed by atoms with E-state index in [0.29, 0.717) is 4.57 Å². The number of H-pyrrole nitrogens is 1. The number of carbonyl (C=O) groups is 3. The summed E-state index contributed by atoms with van der Waals surface area (Å²) < 4.78 is 25.4. The number of carboxylic acid groups (broad SMARTS) is 1. The van der Waals surface area contributed by atoms with Gasteiger partial charge in [0.2, 0.25) is 5.72 Å². The van der Waals surface area contributed by atoms with Crippen molar-refractivity contribution < 1.29 is 43.2 Å². The second kappa shape index (κ2) is 10.3. The number of rotatable bonds is 8. The van der Waals surface area contributed by atoms with E-state index in [0.717, 1.165) is 12.3 Å². The van der Waals surface area contributed by atoms with Gasteiger partial charge in [-0.3, -0.25) is 19.1 Å². The van der Waals surface area contributed by atoms with Crippen molar-refractivity contribution in [1.82, 2.24) is 9.55 Å². The van der Waals surface area contributed by atoms with Crippen molar-refractivity contribution in [3.63, 3.8) is 0 Å². The first-order valence-electron chi connectivity index (χ1n) is 9.10. The van der Waals surface area contributed by atoms with E-state index in [4.69, 9.17) is 19.7 Å². The summed E-state index contributed by atoms with van der Waals surface area (Å²) in [4.78, 5) is 63.9. The molecule has 0 spiro atoms. The Morgan fingerprint density at radius 3 is 2.47 bits per heavy atom. The molecule has 1 aromatic rings. The fourth-order valence-electron chi connectivity index (χ4n) is 2.97. The zero-order valence-corrected chi connectivity index (χ0v) is 16.8. The molecule has 0 radical (unpaired) electrons. The Hall–Kier alpha value is -4.04. The average Bonchev–Trinajstić information content (AvgIpc) is 3.01. The number of hydrogen-bond acceptors (Lipinski definition) is 11. The Balaban J connectivity index is 2.60. The number of aliphatic carboxylic acids is 1. The van der Waals surface area contributed by atoms with Crippen LogP contribution in [0.1, 0.15) is 20.1 Å². The molecular formula is C16H19N5O11. The van der Waals surface area contributed by atoms with Gasteiger partial charge in [0.05, 0.1) is 13.2 Å². The summed E-state index contributed by atoms with van der Waals surface area (Å²) in [5.74, 6) is -3.65. The lowest BCUT2D eigenvalue weighted by atomic mass is 9.93. The highest BCUT2D eigenvalue weighted by molar-refractivity contribution is 5.74. The number of azide groups is 1. The molecule has 0 amide bonds. The number of hydrogen-bond donors (Lipinski definition) is 2. The molecule has 0 saturated carbocycles. The number of ether oxygens (including phenoxy) is 5. The first-order chi connectivity index (χ1) is 15.2. The number of aromatic amines is 1. The Morgan fingerprint density at radius 2 is 1.91 bits per heavy atom. The summed E-state index contributed by atoms with van der Waals surface area (Å²) in [7, 11) is 0. The maximum absolute atomic E-state index is 12.3. The van der Waals surface area contributed by atoms with Gasteiger partial charge >= 0.3 is 24.0 Å². The highest BCUT2D eigenvalue weighted by Crippen LogP contribution is 2.44. The van der Waals surface area contributed by atoms with Crippen molar-refractivity contribution in [2.75, 3.05) is 19.8 Å². The predicted octanol–water partition coefficient (Wildman–Crippen LogP) is 0.488. The van der Waals surface area contributed by atoms with Crippen LogP contribution >= 0.6 is 0 Å². The van der Waals surface area contributed by atoms with E-state index in [1.165, 1.54) is 13.8 Å². The maximum Gasteiger partial charge on any atom is 0.508 e. The van der Waals surface area contributed by atoms with Gasteiger partial charge in [-0.05, 0) is 19.4 Å². The SMILES string of the molecule is CCOC(=O)OC[C@]1(N=[N+]=[N-])O[C@@H](n2ccc(=O)[nH]c2=O)[C@H](OC(=O)OCC)[C@@H]1C(=O)O. The van der Waals surface area contributed by atoms with E-state index < -0.39 is 60.1 Å². The monoisotopic (exact) mass is 457 g/mol. The van der Waals surface area contributed by atoms with E-state index in [2.05, 4.69) is 19.5 Å². The van der Waals surface area contributed by atoms with Crippen LogP contribution in [-0.2, 0) is 28.5 Å². The zero-order chi connectivity index (χ0) is 23.9. The van der Waals surface area contributed by atoms with Crippen LogP contribution in [0.3, 0.4) is 0 Å². The lowest BCUT2D eigenvalue weighted by Gasteiger charge is -2.26. The first kappa shape index (κ1) is 24.2. The normalized spacial score (nSPS) is 24.1. The number of aromatic nitrogens is 2. The van der Waals surface area contributed by atoms with E-state index in [9.17, 15) is 29.1 Å². The van der Waals surface area contributed by atoms with Gasteiger partial charge in [-0.25, -0.2) is 14.4 Å². The quantitative estimate of drug-likeness (QED) is 0.236. The molecule has 1 aromatic heterocycles. The Bertz CT molecular complexity index is 1030. The third kappa shape index (κ3) is 5.16. The largest absolute Gasteiger partial charge is 0.508 e. The molecule has 1 fully saturated rings. The average molecular weight is 457 g/mol. The van der Waals surface area contributed by atoms with Gasteiger partial charge in [0.1, 0.15) is 12.5 Å². The molecule has 2 N–H and O–H groups in total. The highest BCUT2D eigenvalue weighted by atomic mass is 16.7. The van der Waals surface area contributed by atoms with Crippen LogP contribution in [0.25, 0.3) is 10.4 Å². The van der Waals surface area contributed by atoms with E-state index >= 15 is 0 Å². The van der Waals surface area contributed by atoms with Crippen LogP contribution in [0.2, 0.25) is 0 Å². The standard InChI is InChI=1S/C16H19N5O11/c1-3-28-14(26)30-7-16(19-20-17)9(12(23)24)10(31-15(27)29-4-2)11(32-16)21-6-5-8(22)18-13(21)25/h5-6,9-11H,3-4,7H2,1-2H3,(H,23,24)(H,18,22,25)/t9-,10-,11-,16+/m1/s1. The molecule has 0 bridgehead atoms. The predicted molar refractivity (Wildman–Crippen MR) is 99.3 cm³/mol. The molecule has 2 rings (SSSR count). The zero-order valence-electron chi connectivity index (χ0n) is 16.8. The molecule has 2 heterocycles. The van der Waals surface area contributed by atoms with E-state index in [1.54, 1.807) is 0 Å². The molecule has 16 nitrogen and oxygen atoms in total. The summed E-state index contributed by atoms with van der Waals surface area (Å²) in [6.45, 7) is 1.78. The van der Waals surface area contributed by atoms with E-state index in [1.807, 2.05) is 4.98 Å². The summed E-state index contributed by atoms with van der Waals surface area (Å²) in [6, 6.07) is 0.921. The Morgan fingerprint density at radius 1 is 1.25 bits per heavy atom. The topological polar surface area (TPSA) is 221 Å². The van der Waals surface area contributed by atoms with Crippen LogP contribution in [-0.4, -0.2) is 64.6 Å². The van der Waals surface area contributed by atoms with Crippen molar-refractivity contribution in [2.45, 2.75) is 31.9 Å². The summed E-state index contributed by atoms with van der Waals surface area (Å²) in [6.07, 6.45) is -5.12. The minimum Gasteiger partial charge on any atom is -0.481 e. The van der Waals surface area contributed by atoms with Crippen molar-refractivity contribution in [1.29, 1.82) is 0 Å². The molecule has 4 atom stereocenters.